The zero-order chi connectivity index (χ0) is 21.4. The van der Waals surface area contributed by atoms with E-state index >= 15 is 0 Å². The number of benzene rings is 1. The Morgan fingerprint density at radius 3 is 2.52 bits per heavy atom. The van der Waals surface area contributed by atoms with E-state index in [1.807, 2.05) is 0 Å². The Morgan fingerprint density at radius 2 is 1.86 bits per heavy atom. The average molecular weight is 412 g/mol. The van der Waals surface area contributed by atoms with E-state index in [2.05, 4.69) is 5.32 Å². The molecule has 0 bridgehead atoms. The molecule has 2 atom stereocenters. The molecule has 29 heavy (non-hydrogen) atoms. The fourth-order valence-electron chi connectivity index (χ4n) is 3.99. The Labute approximate surface area is 168 Å². The number of alkyl carbamates (subject to hydrolysis) is 1. The normalized spacial score (nSPS) is 22.2. The number of hydrogen-bond acceptors (Lipinski definition) is 3. The number of alkyl halides is 3. The van der Waals surface area contributed by atoms with Crippen molar-refractivity contribution in [3.8, 4) is 0 Å². The highest BCUT2D eigenvalue weighted by Gasteiger charge is 2.36. The lowest BCUT2D eigenvalue weighted by atomic mass is 9.95. The minimum Gasteiger partial charge on any atom is -0.444 e. The van der Waals surface area contributed by atoms with E-state index < -0.39 is 23.4 Å². The van der Waals surface area contributed by atoms with Crippen molar-refractivity contribution in [1.29, 1.82) is 0 Å². The van der Waals surface area contributed by atoms with Gasteiger partial charge < -0.3 is 15.0 Å². The molecule has 8 heteroatoms. The van der Waals surface area contributed by atoms with Crippen LogP contribution in [0.4, 0.5) is 18.0 Å². The third kappa shape index (κ3) is 5.42. The van der Waals surface area contributed by atoms with Crippen LogP contribution in [0.3, 0.4) is 0 Å². The molecule has 0 saturated heterocycles. The number of hydrogen-bond donors (Lipinski definition) is 1. The highest BCUT2D eigenvalue weighted by molar-refractivity contribution is 5.80. The number of fused-ring (bicyclic) bond motifs is 1. The van der Waals surface area contributed by atoms with Gasteiger partial charge in [-0.05, 0) is 69.7 Å². The Hall–Kier alpha value is -2.25. The van der Waals surface area contributed by atoms with Gasteiger partial charge in [0, 0.05) is 25.0 Å². The Kier molecular flexibility index (Phi) is 5.83. The smallest absolute Gasteiger partial charge is 0.416 e. The average Bonchev–Trinajstić information content (AvgIpc) is 3.06. The highest BCUT2D eigenvalue weighted by Crippen LogP contribution is 2.33. The van der Waals surface area contributed by atoms with E-state index in [4.69, 9.17) is 4.74 Å². The quantitative estimate of drug-likeness (QED) is 0.789. The van der Waals surface area contributed by atoms with E-state index in [9.17, 15) is 22.8 Å². The van der Waals surface area contributed by atoms with Gasteiger partial charge in [0.05, 0.1) is 5.56 Å². The van der Waals surface area contributed by atoms with Crippen LogP contribution in [0.2, 0.25) is 0 Å². The molecule has 160 valence electrons. The molecule has 5 nitrogen and oxygen atoms in total. The van der Waals surface area contributed by atoms with E-state index in [0.717, 1.165) is 17.7 Å². The number of halogens is 3. The maximum atomic E-state index is 13.0. The molecule has 2 amide bonds. The van der Waals surface area contributed by atoms with Gasteiger partial charge in [0.25, 0.3) is 0 Å². The summed E-state index contributed by atoms with van der Waals surface area (Å²) in [6.45, 7) is 6.04. The minimum absolute atomic E-state index is 0.0541. The molecule has 1 aromatic rings. The standard InChI is InChI=1S/C21H27F3N2O3/c1-20(2,3)29-19(28)25-17-7-5-14(11-17)18(27)26-9-8-13-4-6-16(21(22,23)24)10-15(13)12-26/h4,6,10,14,17H,5,7-9,11-12H2,1-3H3,(H,25,28)/t14-,17+/m0/s1. The van der Waals surface area contributed by atoms with Crippen molar-refractivity contribution in [2.75, 3.05) is 6.54 Å². The second kappa shape index (κ2) is 7.88. The molecule has 1 aromatic carbocycles. The lowest BCUT2D eigenvalue weighted by Crippen LogP contribution is -2.41. The summed E-state index contributed by atoms with van der Waals surface area (Å²) in [5.74, 6) is -0.288. The SMILES string of the molecule is CC(C)(C)OC(=O)N[C@@H]1CC[C@H](C(=O)N2CCc3ccc(C(F)(F)F)cc3C2)C1. The van der Waals surface area contributed by atoms with Crippen LogP contribution < -0.4 is 5.32 Å². The van der Waals surface area contributed by atoms with E-state index in [1.54, 1.807) is 25.7 Å². The molecule has 1 aliphatic heterocycles. The van der Waals surface area contributed by atoms with Crippen LogP contribution in [0.25, 0.3) is 0 Å². The van der Waals surface area contributed by atoms with Crippen molar-refractivity contribution in [3.05, 3.63) is 34.9 Å². The van der Waals surface area contributed by atoms with Crippen LogP contribution in [-0.4, -0.2) is 35.1 Å². The first-order valence-corrected chi connectivity index (χ1v) is 9.89. The van der Waals surface area contributed by atoms with Gasteiger partial charge in [0.2, 0.25) is 5.91 Å². The number of carbonyl (C=O) groups is 2. The highest BCUT2D eigenvalue weighted by atomic mass is 19.4. The molecule has 1 saturated carbocycles. The first kappa shape index (κ1) is 21.5. The summed E-state index contributed by atoms with van der Waals surface area (Å²) in [6.07, 6.45) is -2.51. The molecule has 1 aliphatic carbocycles. The fourth-order valence-corrected chi connectivity index (χ4v) is 3.99. The molecule has 0 radical (unpaired) electrons. The van der Waals surface area contributed by atoms with Crippen LogP contribution in [-0.2, 0) is 28.7 Å². The second-order valence-corrected chi connectivity index (χ2v) is 8.84. The van der Waals surface area contributed by atoms with Crippen LogP contribution >= 0.6 is 0 Å². The summed E-state index contributed by atoms with van der Waals surface area (Å²) >= 11 is 0. The number of rotatable bonds is 2. The molecule has 1 heterocycles. The van der Waals surface area contributed by atoms with Crippen LogP contribution in [0, 0.1) is 5.92 Å². The van der Waals surface area contributed by atoms with Crippen molar-refractivity contribution >= 4 is 12.0 Å². The molecule has 1 N–H and O–H groups in total. The summed E-state index contributed by atoms with van der Waals surface area (Å²) in [5, 5.41) is 2.81. The summed E-state index contributed by atoms with van der Waals surface area (Å²) in [7, 11) is 0. The zero-order valence-corrected chi connectivity index (χ0v) is 16.9. The summed E-state index contributed by atoms with van der Waals surface area (Å²) in [4.78, 5) is 26.5. The van der Waals surface area contributed by atoms with Gasteiger partial charge >= 0.3 is 12.3 Å². The lowest BCUT2D eigenvalue weighted by Gasteiger charge is -2.31. The molecular weight excluding hydrogens is 385 g/mol. The largest absolute Gasteiger partial charge is 0.444 e. The van der Waals surface area contributed by atoms with E-state index in [0.29, 0.717) is 37.8 Å². The third-order valence-electron chi connectivity index (χ3n) is 5.36. The predicted molar refractivity (Wildman–Crippen MR) is 101 cm³/mol. The van der Waals surface area contributed by atoms with Crippen molar-refractivity contribution in [2.24, 2.45) is 5.92 Å². The fraction of sp³-hybridized carbons (Fsp3) is 0.619. The first-order valence-electron chi connectivity index (χ1n) is 9.89. The molecule has 0 unspecified atom stereocenters. The third-order valence-corrected chi connectivity index (χ3v) is 5.36. The summed E-state index contributed by atoms with van der Waals surface area (Å²) in [6, 6.07) is 3.63. The predicted octanol–water partition coefficient (Wildman–Crippen LogP) is 4.28. The number of carbonyl (C=O) groups excluding carboxylic acids is 2. The first-order chi connectivity index (χ1) is 13.4. The number of nitrogens with one attached hydrogen (secondary N) is 1. The molecular formula is C21H27F3N2O3. The van der Waals surface area contributed by atoms with Gasteiger partial charge in [-0.25, -0.2) is 4.79 Å². The van der Waals surface area contributed by atoms with Crippen molar-refractivity contribution in [2.45, 2.75) is 70.8 Å². The van der Waals surface area contributed by atoms with Crippen LogP contribution in [0.5, 0.6) is 0 Å². The van der Waals surface area contributed by atoms with Crippen LogP contribution in [0.15, 0.2) is 18.2 Å². The Morgan fingerprint density at radius 1 is 1.14 bits per heavy atom. The molecule has 3 rings (SSSR count). The van der Waals surface area contributed by atoms with Crippen molar-refractivity contribution in [1.82, 2.24) is 10.2 Å². The summed E-state index contributed by atoms with van der Waals surface area (Å²) in [5.41, 5.74) is 0.140. The second-order valence-electron chi connectivity index (χ2n) is 8.84. The number of nitrogens with zero attached hydrogens (tertiary/aromatic N) is 1. The molecule has 0 aromatic heterocycles. The minimum atomic E-state index is -4.40. The molecule has 1 fully saturated rings. The lowest BCUT2D eigenvalue weighted by molar-refractivity contribution is -0.137. The van der Waals surface area contributed by atoms with Gasteiger partial charge in [-0.1, -0.05) is 6.07 Å². The van der Waals surface area contributed by atoms with Gasteiger partial charge in [-0.3, -0.25) is 4.79 Å². The number of ether oxygens (including phenoxy) is 1. The van der Waals surface area contributed by atoms with Crippen LogP contribution in [0.1, 0.15) is 56.7 Å². The molecule has 2 aliphatic rings. The zero-order valence-electron chi connectivity index (χ0n) is 16.9. The van der Waals surface area contributed by atoms with Gasteiger partial charge in [-0.2, -0.15) is 13.2 Å². The van der Waals surface area contributed by atoms with Crippen molar-refractivity contribution < 1.29 is 27.5 Å². The van der Waals surface area contributed by atoms with Crippen molar-refractivity contribution in [3.63, 3.8) is 0 Å². The Bertz CT molecular complexity index is 786. The van der Waals surface area contributed by atoms with Gasteiger partial charge in [0.15, 0.2) is 0 Å². The maximum absolute atomic E-state index is 13.0. The maximum Gasteiger partial charge on any atom is 0.416 e. The topological polar surface area (TPSA) is 58.6 Å². The Balaban J connectivity index is 1.59. The monoisotopic (exact) mass is 412 g/mol. The summed E-state index contributed by atoms with van der Waals surface area (Å²) < 4.78 is 44.2. The number of amides is 2. The van der Waals surface area contributed by atoms with Gasteiger partial charge in [-0.15, -0.1) is 0 Å². The van der Waals surface area contributed by atoms with E-state index in [1.165, 1.54) is 6.07 Å². The van der Waals surface area contributed by atoms with Gasteiger partial charge in [0.1, 0.15) is 5.60 Å². The molecule has 0 spiro atoms. The van der Waals surface area contributed by atoms with E-state index in [-0.39, 0.29) is 24.4 Å².